The number of carbonyl (C=O) groups is 3. The Morgan fingerprint density at radius 3 is 2.22 bits per heavy atom. The number of hydrogen-bond acceptors (Lipinski definition) is 7. The third-order valence-electron chi connectivity index (χ3n) is 5.59. The molecular weight excluding hydrogens is 474 g/mol. The molecule has 2 N–H and O–H groups in total. The molecule has 0 unspecified atom stereocenters. The van der Waals surface area contributed by atoms with Crippen molar-refractivity contribution in [1.82, 2.24) is 25.8 Å². The summed E-state index contributed by atoms with van der Waals surface area (Å²) in [5.74, 6) is -0.505. The van der Waals surface area contributed by atoms with Gasteiger partial charge in [-0.15, -0.1) is 5.10 Å². The van der Waals surface area contributed by atoms with Gasteiger partial charge in [-0.25, -0.2) is 4.79 Å². The lowest BCUT2D eigenvalue weighted by atomic mass is 9.98. The minimum Gasteiger partial charge on any atom is -0.445 e. The molecule has 0 aliphatic heterocycles. The lowest BCUT2D eigenvalue weighted by molar-refractivity contribution is -0.132. The lowest BCUT2D eigenvalue weighted by Gasteiger charge is -2.24. The molecule has 0 saturated heterocycles. The predicted octanol–water partition coefficient (Wildman–Crippen LogP) is 3.30. The van der Waals surface area contributed by atoms with E-state index in [2.05, 4.69) is 20.9 Å². The molecule has 0 radical (unpaired) electrons. The van der Waals surface area contributed by atoms with Gasteiger partial charge in [-0.3, -0.25) is 9.59 Å². The number of nitrogens with one attached hydrogen (secondary N) is 2. The van der Waals surface area contributed by atoms with Crippen LogP contribution in [0.5, 0.6) is 0 Å². The van der Waals surface area contributed by atoms with Crippen molar-refractivity contribution in [2.24, 2.45) is 11.8 Å². The maximum absolute atomic E-state index is 13.2. The molecule has 37 heavy (non-hydrogen) atoms. The number of Topliss-reactive ketones (excluding diaryl/α,β-unsaturated/α-hetero) is 1. The number of ketones is 1. The molecule has 0 aliphatic rings. The molecule has 10 nitrogen and oxygen atoms in total. The third-order valence-corrected chi connectivity index (χ3v) is 5.59. The molecule has 0 saturated carbocycles. The summed E-state index contributed by atoms with van der Waals surface area (Å²) >= 11 is 0. The molecule has 198 valence electrons. The van der Waals surface area contributed by atoms with Crippen molar-refractivity contribution < 1.29 is 24.0 Å². The Morgan fingerprint density at radius 1 is 0.865 bits per heavy atom. The zero-order chi connectivity index (χ0) is 26.8. The highest BCUT2D eigenvalue weighted by Crippen LogP contribution is 2.11. The van der Waals surface area contributed by atoms with Gasteiger partial charge >= 0.3 is 6.09 Å². The first-order valence-electron chi connectivity index (χ1n) is 12.5. The van der Waals surface area contributed by atoms with Gasteiger partial charge in [-0.2, -0.15) is 0 Å². The van der Waals surface area contributed by atoms with Crippen molar-refractivity contribution in [3.63, 3.8) is 0 Å². The number of amides is 2. The zero-order valence-electron chi connectivity index (χ0n) is 21.7. The summed E-state index contributed by atoms with van der Waals surface area (Å²) in [5, 5.41) is 13.4. The summed E-state index contributed by atoms with van der Waals surface area (Å²) in [6.07, 6.45) is 0.104. The first-order valence-corrected chi connectivity index (χ1v) is 12.5. The number of para-hydroxylation sites is 1. The number of rotatable bonds is 13. The number of fused-ring (bicyclic) bond motifs is 1. The van der Waals surface area contributed by atoms with E-state index < -0.39 is 24.1 Å². The molecule has 2 atom stereocenters. The predicted molar refractivity (Wildman–Crippen MR) is 138 cm³/mol. The second kappa shape index (κ2) is 13.4. The van der Waals surface area contributed by atoms with Crippen LogP contribution in [0.2, 0.25) is 0 Å². The van der Waals surface area contributed by atoms with Crippen molar-refractivity contribution in [3.05, 3.63) is 60.2 Å². The third kappa shape index (κ3) is 8.59. The number of aromatic nitrogens is 3. The Balaban J connectivity index is 1.62. The Hall–Kier alpha value is -3.95. The van der Waals surface area contributed by atoms with E-state index in [1.807, 2.05) is 70.2 Å². The molecule has 1 heterocycles. The van der Waals surface area contributed by atoms with Crippen molar-refractivity contribution in [1.29, 1.82) is 0 Å². The average molecular weight is 510 g/mol. The van der Waals surface area contributed by atoms with E-state index in [1.165, 1.54) is 4.85 Å². The van der Waals surface area contributed by atoms with Crippen molar-refractivity contribution in [2.45, 2.75) is 59.2 Å². The molecule has 0 aliphatic carbocycles. The van der Waals surface area contributed by atoms with Gasteiger partial charge < -0.3 is 20.2 Å². The number of ether oxygens (including phenoxy) is 1. The summed E-state index contributed by atoms with van der Waals surface area (Å²) in [5.41, 5.74) is 2.11. The molecule has 3 aromatic rings. The summed E-state index contributed by atoms with van der Waals surface area (Å²) in [6, 6.07) is 14.9. The summed E-state index contributed by atoms with van der Waals surface area (Å²) in [7, 11) is 0. The molecule has 0 fully saturated rings. The van der Waals surface area contributed by atoms with Gasteiger partial charge in [0.2, 0.25) is 5.91 Å². The maximum Gasteiger partial charge on any atom is 0.408 e. The highest BCUT2D eigenvalue weighted by molar-refractivity contribution is 5.92. The van der Waals surface area contributed by atoms with Crippen molar-refractivity contribution in [3.8, 4) is 0 Å². The van der Waals surface area contributed by atoms with Crippen molar-refractivity contribution in [2.75, 3.05) is 6.61 Å². The van der Waals surface area contributed by atoms with Crippen LogP contribution in [0.4, 0.5) is 4.79 Å². The van der Waals surface area contributed by atoms with E-state index >= 15 is 0 Å². The largest absolute Gasteiger partial charge is 0.445 e. The van der Waals surface area contributed by atoms with Crippen LogP contribution in [0.15, 0.2) is 54.6 Å². The minimum absolute atomic E-state index is 0.0887. The summed E-state index contributed by atoms with van der Waals surface area (Å²) < 4.78 is 5.29. The summed E-state index contributed by atoms with van der Waals surface area (Å²) in [6.45, 7) is 7.61. The standard InChI is InChI=1S/C27H35N5O5/c1-18(2)14-22(25(33)17-37-32-24-13-9-8-12-21(24)30-31-32)28-26(34)23(15-19(3)4)29-27(35)36-16-20-10-6-5-7-11-20/h5-13,18-19,22-23H,14-17H2,1-4H3,(H,28,34)(H,29,35)/t22-,23-/m0/s1. The first-order chi connectivity index (χ1) is 17.7. The summed E-state index contributed by atoms with van der Waals surface area (Å²) in [4.78, 5) is 45.5. The Labute approximate surface area is 216 Å². The average Bonchev–Trinajstić information content (AvgIpc) is 3.28. The fraction of sp³-hybridized carbons (Fsp3) is 0.444. The maximum atomic E-state index is 13.2. The lowest BCUT2D eigenvalue weighted by Crippen LogP contribution is -2.53. The van der Waals surface area contributed by atoms with Crippen LogP contribution in [0.25, 0.3) is 11.0 Å². The normalized spacial score (nSPS) is 12.8. The van der Waals surface area contributed by atoms with Gasteiger partial charge in [0.25, 0.3) is 0 Å². The monoisotopic (exact) mass is 509 g/mol. The SMILES string of the molecule is CC(C)C[C@H](NC(=O)[C@H](CC(C)C)NC(=O)OCc1ccccc1)C(=O)COn1nnc2ccccc21. The number of benzene rings is 2. The van der Waals surface area contributed by atoms with E-state index in [1.54, 1.807) is 12.1 Å². The highest BCUT2D eigenvalue weighted by Gasteiger charge is 2.28. The van der Waals surface area contributed by atoms with E-state index in [9.17, 15) is 14.4 Å². The molecule has 2 aromatic carbocycles. The molecular formula is C27H35N5O5. The minimum atomic E-state index is -0.856. The topological polar surface area (TPSA) is 124 Å². The van der Waals surface area contributed by atoms with Crippen LogP contribution in [0, 0.1) is 11.8 Å². The van der Waals surface area contributed by atoms with E-state index in [0.29, 0.717) is 23.9 Å². The van der Waals surface area contributed by atoms with Gasteiger partial charge in [0.1, 0.15) is 23.7 Å². The van der Waals surface area contributed by atoms with Crippen LogP contribution < -0.4 is 15.5 Å². The zero-order valence-corrected chi connectivity index (χ0v) is 21.7. The second-order valence-electron chi connectivity index (χ2n) is 9.77. The molecule has 0 spiro atoms. The number of nitrogens with zero attached hydrogens (tertiary/aromatic N) is 3. The molecule has 0 bridgehead atoms. The number of hydrogen-bond donors (Lipinski definition) is 2. The van der Waals surface area contributed by atoms with Gasteiger partial charge in [-0.1, -0.05) is 75.0 Å². The Morgan fingerprint density at radius 2 is 1.51 bits per heavy atom. The van der Waals surface area contributed by atoms with Crippen LogP contribution in [0.1, 0.15) is 46.1 Å². The van der Waals surface area contributed by atoms with E-state index in [-0.39, 0.29) is 30.8 Å². The highest BCUT2D eigenvalue weighted by atomic mass is 16.7. The van der Waals surface area contributed by atoms with E-state index in [0.717, 1.165) is 5.56 Å². The smallest absolute Gasteiger partial charge is 0.408 e. The van der Waals surface area contributed by atoms with Crippen molar-refractivity contribution >= 4 is 28.8 Å². The van der Waals surface area contributed by atoms with Gasteiger partial charge in [0, 0.05) is 0 Å². The van der Waals surface area contributed by atoms with E-state index in [4.69, 9.17) is 9.57 Å². The molecule has 10 heteroatoms. The van der Waals surface area contributed by atoms with Gasteiger partial charge in [0.05, 0.1) is 6.04 Å². The molecule has 3 rings (SSSR count). The fourth-order valence-corrected chi connectivity index (χ4v) is 3.79. The van der Waals surface area contributed by atoms with Crippen LogP contribution in [-0.2, 0) is 20.9 Å². The Kier molecular flexibility index (Phi) is 10.00. The number of carbonyl (C=O) groups excluding carboxylic acids is 3. The van der Waals surface area contributed by atoms with Crippen LogP contribution >= 0.6 is 0 Å². The Bertz CT molecular complexity index is 1180. The first kappa shape index (κ1) is 27.6. The quantitative estimate of drug-likeness (QED) is 0.362. The molecule has 1 aromatic heterocycles. The second-order valence-corrected chi connectivity index (χ2v) is 9.77. The number of alkyl carbamates (subject to hydrolysis) is 1. The van der Waals surface area contributed by atoms with Gasteiger partial charge in [-0.05, 0) is 47.6 Å². The fourth-order valence-electron chi connectivity index (χ4n) is 3.79. The van der Waals surface area contributed by atoms with Crippen LogP contribution in [0.3, 0.4) is 0 Å². The molecule has 2 amide bonds. The van der Waals surface area contributed by atoms with Gasteiger partial charge in [0.15, 0.2) is 12.4 Å². The van der Waals surface area contributed by atoms with Crippen LogP contribution in [-0.4, -0.2) is 51.6 Å².